The molecule has 0 radical (unpaired) electrons. The maximum atomic E-state index is 12.9. The highest BCUT2D eigenvalue weighted by Gasteiger charge is 2.23. The number of hydrogen-bond donors (Lipinski definition) is 0. The van der Waals surface area contributed by atoms with Gasteiger partial charge in [0, 0.05) is 19.3 Å². The summed E-state index contributed by atoms with van der Waals surface area (Å²) in [4.78, 5) is 18.0. The van der Waals surface area contributed by atoms with Crippen molar-refractivity contribution in [1.29, 1.82) is 0 Å². The molecule has 1 aliphatic heterocycles. The van der Waals surface area contributed by atoms with Gasteiger partial charge in [-0.3, -0.25) is 9.78 Å². The van der Waals surface area contributed by atoms with Crippen molar-refractivity contribution in [1.82, 2.24) is 9.88 Å². The SMILES string of the molecule is O=C(COc1ccc(F)cc1)N1CCC(OCCOc2cccnc2)CC1. The maximum absolute atomic E-state index is 12.9. The summed E-state index contributed by atoms with van der Waals surface area (Å²) in [5.74, 6) is 0.804. The van der Waals surface area contributed by atoms with Gasteiger partial charge in [0.05, 0.1) is 18.9 Å². The highest BCUT2D eigenvalue weighted by molar-refractivity contribution is 5.77. The number of carbonyl (C=O) groups is 1. The van der Waals surface area contributed by atoms with E-state index in [-0.39, 0.29) is 24.4 Å². The molecular weight excluding hydrogens is 351 g/mol. The number of hydrogen-bond acceptors (Lipinski definition) is 5. The van der Waals surface area contributed by atoms with Crippen molar-refractivity contribution in [2.75, 3.05) is 32.9 Å². The Morgan fingerprint density at radius 3 is 2.56 bits per heavy atom. The zero-order valence-corrected chi connectivity index (χ0v) is 15.1. The number of halogens is 1. The molecule has 0 saturated carbocycles. The van der Waals surface area contributed by atoms with Crippen molar-refractivity contribution in [3.05, 3.63) is 54.6 Å². The third kappa shape index (κ3) is 6.21. The molecule has 1 saturated heterocycles. The number of nitrogens with zero attached hydrogens (tertiary/aromatic N) is 2. The van der Waals surface area contributed by atoms with Crippen LogP contribution < -0.4 is 9.47 Å². The predicted molar refractivity (Wildman–Crippen MR) is 97.2 cm³/mol. The van der Waals surface area contributed by atoms with Gasteiger partial charge in [-0.15, -0.1) is 0 Å². The Bertz CT molecular complexity index is 704. The highest BCUT2D eigenvalue weighted by atomic mass is 19.1. The van der Waals surface area contributed by atoms with E-state index in [1.54, 1.807) is 17.3 Å². The topological polar surface area (TPSA) is 60.9 Å². The lowest BCUT2D eigenvalue weighted by atomic mass is 10.1. The summed E-state index contributed by atoms with van der Waals surface area (Å²) >= 11 is 0. The number of rotatable bonds is 8. The highest BCUT2D eigenvalue weighted by Crippen LogP contribution is 2.15. The zero-order chi connectivity index (χ0) is 18.9. The van der Waals surface area contributed by atoms with E-state index in [1.807, 2.05) is 12.1 Å². The van der Waals surface area contributed by atoms with Gasteiger partial charge in [0.2, 0.25) is 0 Å². The summed E-state index contributed by atoms with van der Waals surface area (Å²) in [6, 6.07) is 9.31. The fraction of sp³-hybridized carbons (Fsp3) is 0.400. The van der Waals surface area contributed by atoms with Gasteiger partial charge in [-0.2, -0.15) is 0 Å². The Hall–Kier alpha value is -2.67. The molecule has 2 heterocycles. The molecule has 0 aliphatic carbocycles. The van der Waals surface area contributed by atoms with Crippen molar-refractivity contribution >= 4 is 5.91 Å². The van der Waals surface area contributed by atoms with Crippen LogP contribution in [0.2, 0.25) is 0 Å². The van der Waals surface area contributed by atoms with Crippen LogP contribution in [0.5, 0.6) is 11.5 Å². The number of piperidine rings is 1. The molecule has 1 aromatic heterocycles. The number of aromatic nitrogens is 1. The van der Waals surface area contributed by atoms with E-state index in [0.717, 1.165) is 18.6 Å². The van der Waals surface area contributed by atoms with E-state index >= 15 is 0 Å². The third-order valence-electron chi connectivity index (χ3n) is 4.31. The molecule has 1 aliphatic rings. The molecule has 0 atom stereocenters. The van der Waals surface area contributed by atoms with Gasteiger partial charge in [0.25, 0.3) is 5.91 Å². The van der Waals surface area contributed by atoms with Crippen molar-refractivity contribution in [2.45, 2.75) is 18.9 Å². The molecule has 3 rings (SSSR count). The average molecular weight is 374 g/mol. The van der Waals surface area contributed by atoms with E-state index in [2.05, 4.69) is 4.98 Å². The summed E-state index contributed by atoms with van der Waals surface area (Å²) in [6.45, 7) is 2.20. The van der Waals surface area contributed by atoms with Gasteiger partial charge in [-0.25, -0.2) is 4.39 Å². The molecule has 1 fully saturated rings. The lowest BCUT2D eigenvalue weighted by molar-refractivity contribution is -0.136. The smallest absolute Gasteiger partial charge is 0.260 e. The molecular formula is C20H23FN2O4. The molecule has 0 bridgehead atoms. The number of carbonyl (C=O) groups excluding carboxylic acids is 1. The summed E-state index contributed by atoms with van der Waals surface area (Å²) in [5.41, 5.74) is 0. The van der Waals surface area contributed by atoms with Crippen LogP contribution in [0.3, 0.4) is 0 Å². The minimum Gasteiger partial charge on any atom is -0.490 e. The molecule has 0 spiro atoms. The molecule has 2 aromatic rings. The molecule has 144 valence electrons. The van der Waals surface area contributed by atoms with Gasteiger partial charge >= 0.3 is 0 Å². The van der Waals surface area contributed by atoms with Crippen LogP contribution in [0.25, 0.3) is 0 Å². The number of pyridine rings is 1. The summed E-state index contributed by atoms with van der Waals surface area (Å²) < 4.78 is 29.6. The minimum absolute atomic E-state index is 0.0455. The second-order valence-corrected chi connectivity index (χ2v) is 6.23. The van der Waals surface area contributed by atoms with Crippen LogP contribution in [-0.2, 0) is 9.53 Å². The van der Waals surface area contributed by atoms with Crippen LogP contribution in [0.4, 0.5) is 4.39 Å². The van der Waals surface area contributed by atoms with E-state index in [0.29, 0.717) is 32.1 Å². The second-order valence-electron chi connectivity index (χ2n) is 6.23. The van der Waals surface area contributed by atoms with E-state index < -0.39 is 0 Å². The first-order valence-corrected chi connectivity index (χ1v) is 9.01. The number of likely N-dealkylation sites (tertiary alicyclic amines) is 1. The summed E-state index contributed by atoms with van der Waals surface area (Å²) in [5, 5.41) is 0. The van der Waals surface area contributed by atoms with Gasteiger partial charge in [-0.1, -0.05) is 0 Å². The van der Waals surface area contributed by atoms with E-state index in [9.17, 15) is 9.18 Å². The first-order valence-electron chi connectivity index (χ1n) is 9.01. The van der Waals surface area contributed by atoms with Crippen molar-refractivity contribution in [3.8, 4) is 11.5 Å². The fourth-order valence-electron chi connectivity index (χ4n) is 2.85. The molecule has 6 nitrogen and oxygen atoms in total. The van der Waals surface area contributed by atoms with Gasteiger partial charge < -0.3 is 19.1 Å². The first kappa shape index (κ1) is 19.1. The maximum Gasteiger partial charge on any atom is 0.260 e. The molecule has 1 aromatic carbocycles. The van der Waals surface area contributed by atoms with Crippen LogP contribution in [0, 0.1) is 5.82 Å². The van der Waals surface area contributed by atoms with Crippen LogP contribution >= 0.6 is 0 Å². The number of ether oxygens (including phenoxy) is 3. The Kier molecular flexibility index (Phi) is 6.98. The van der Waals surface area contributed by atoms with Gasteiger partial charge in [0.1, 0.15) is 23.9 Å². The minimum atomic E-state index is -0.332. The zero-order valence-electron chi connectivity index (χ0n) is 15.1. The van der Waals surface area contributed by atoms with Crippen molar-refractivity contribution < 1.29 is 23.4 Å². The Morgan fingerprint density at radius 1 is 1.07 bits per heavy atom. The monoisotopic (exact) mass is 374 g/mol. The van der Waals surface area contributed by atoms with Crippen LogP contribution in [0.1, 0.15) is 12.8 Å². The average Bonchev–Trinajstić information content (AvgIpc) is 2.72. The largest absolute Gasteiger partial charge is 0.490 e. The number of benzene rings is 1. The van der Waals surface area contributed by atoms with Crippen LogP contribution in [0.15, 0.2) is 48.8 Å². The van der Waals surface area contributed by atoms with Gasteiger partial charge in [-0.05, 0) is 49.2 Å². The van der Waals surface area contributed by atoms with Crippen molar-refractivity contribution in [3.63, 3.8) is 0 Å². The molecule has 0 unspecified atom stereocenters. The molecule has 7 heteroatoms. The Labute approximate surface area is 157 Å². The number of amides is 1. The lowest BCUT2D eigenvalue weighted by Gasteiger charge is -2.31. The van der Waals surface area contributed by atoms with E-state index in [1.165, 1.54) is 24.3 Å². The second kappa shape index (κ2) is 9.87. The quantitative estimate of drug-likeness (QED) is 0.665. The lowest BCUT2D eigenvalue weighted by Crippen LogP contribution is -2.43. The Morgan fingerprint density at radius 2 is 1.85 bits per heavy atom. The van der Waals surface area contributed by atoms with Gasteiger partial charge in [0.15, 0.2) is 6.61 Å². The van der Waals surface area contributed by atoms with E-state index in [4.69, 9.17) is 14.2 Å². The molecule has 0 N–H and O–H groups in total. The van der Waals surface area contributed by atoms with Crippen molar-refractivity contribution in [2.24, 2.45) is 0 Å². The normalized spacial score (nSPS) is 14.8. The summed E-state index contributed by atoms with van der Waals surface area (Å²) in [6.07, 6.45) is 5.07. The Balaban J connectivity index is 1.30. The van der Waals surface area contributed by atoms with Crippen LogP contribution in [-0.4, -0.2) is 54.8 Å². The molecule has 1 amide bonds. The first-order chi connectivity index (χ1) is 13.2. The predicted octanol–water partition coefficient (Wildman–Crippen LogP) is 2.69. The fourth-order valence-corrected chi connectivity index (χ4v) is 2.85. The standard InChI is InChI=1S/C20H23FN2O4/c21-16-3-5-17(6-4-16)27-15-20(24)23-10-7-18(8-11-23)25-12-13-26-19-2-1-9-22-14-19/h1-6,9,14,18H,7-8,10-13,15H2. The summed E-state index contributed by atoms with van der Waals surface area (Å²) in [7, 11) is 0. The molecule has 27 heavy (non-hydrogen) atoms. The third-order valence-corrected chi connectivity index (χ3v) is 4.31.